The Morgan fingerprint density at radius 2 is 2.29 bits per heavy atom. The molecule has 0 spiro atoms. The molecule has 2 N–H and O–H groups in total. The maximum absolute atomic E-state index is 10.7. The molecule has 0 aliphatic carbocycles. The van der Waals surface area contributed by atoms with E-state index in [0.717, 1.165) is 19.4 Å². The fourth-order valence-corrected chi connectivity index (χ4v) is 1.60. The molecule has 0 bridgehead atoms. The van der Waals surface area contributed by atoms with Gasteiger partial charge in [-0.3, -0.25) is 4.79 Å². The molecule has 0 aromatic heterocycles. The van der Waals surface area contributed by atoms with Gasteiger partial charge in [-0.25, -0.2) is 0 Å². The lowest BCUT2D eigenvalue weighted by Gasteiger charge is -2.28. The van der Waals surface area contributed by atoms with Gasteiger partial charge in [-0.1, -0.05) is 6.92 Å². The van der Waals surface area contributed by atoms with Crippen LogP contribution in [0, 0.1) is 5.92 Å². The fourth-order valence-electron chi connectivity index (χ4n) is 1.60. The van der Waals surface area contributed by atoms with E-state index in [-0.39, 0.29) is 12.0 Å². The summed E-state index contributed by atoms with van der Waals surface area (Å²) in [6, 6.07) is 0.319. The Morgan fingerprint density at radius 1 is 1.57 bits per heavy atom. The van der Waals surface area contributed by atoms with E-state index in [2.05, 4.69) is 5.32 Å². The smallest absolute Gasteiger partial charge is 0.307 e. The molecule has 3 atom stereocenters. The summed E-state index contributed by atoms with van der Waals surface area (Å²) in [4.78, 5) is 10.7. The van der Waals surface area contributed by atoms with Crippen LogP contribution in [0.1, 0.15) is 26.7 Å². The summed E-state index contributed by atoms with van der Waals surface area (Å²) in [7, 11) is 0. The zero-order valence-corrected chi connectivity index (χ0v) is 8.82. The third kappa shape index (κ3) is 3.27. The molecule has 0 radical (unpaired) electrons. The summed E-state index contributed by atoms with van der Waals surface area (Å²) >= 11 is 0. The molecule has 4 nitrogen and oxygen atoms in total. The van der Waals surface area contributed by atoms with E-state index in [9.17, 15) is 4.79 Å². The highest BCUT2D eigenvalue weighted by Gasteiger charge is 2.23. The van der Waals surface area contributed by atoms with E-state index in [1.54, 1.807) is 6.92 Å². The van der Waals surface area contributed by atoms with E-state index >= 15 is 0 Å². The van der Waals surface area contributed by atoms with Crippen molar-refractivity contribution in [3.8, 4) is 0 Å². The van der Waals surface area contributed by atoms with Gasteiger partial charge >= 0.3 is 5.97 Å². The number of ether oxygens (including phenoxy) is 1. The molecule has 1 fully saturated rings. The van der Waals surface area contributed by atoms with Gasteiger partial charge in [0.2, 0.25) is 0 Å². The summed E-state index contributed by atoms with van der Waals surface area (Å²) in [6.07, 6.45) is 2.14. The Morgan fingerprint density at radius 3 is 2.79 bits per heavy atom. The van der Waals surface area contributed by atoms with Crippen LogP contribution in [-0.4, -0.2) is 36.4 Å². The van der Waals surface area contributed by atoms with E-state index in [1.807, 2.05) is 6.92 Å². The Kier molecular flexibility index (Phi) is 4.35. The van der Waals surface area contributed by atoms with Crippen LogP contribution in [0.15, 0.2) is 0 Å². The summed E-state index contributed by atoms with van der Waals surface area (Å²) in [5, 5.41) is 12.1. The van der Waals surface area contributed by atoms with Crippen molar-refractivity contribution < 1.29 is 14.6 Å². The number of hydrogen-bond acceptors (Lipinski definition) is 3. The lowest BCUT2D eigenvalue weighted by atomic mass is 10.0. The minimum Gasteiger partial charge on any atom is -0.481 e. The van der Waals surface area contributed by atoms with E-state index < -0.39 is 5.97 Å². The number of rotatable bonds is 4. The molecule has 4 heteroatoms. The molecule has 0 aromatic rings. The van der Waals surface area contributed by atoms with E-state index in [4.69, 9.17) is 9.84 Å². The third-order valence-corrected chi connectivity index (χ3v) is 2.80. The first-order valence-electron chi connectivity index (χ1n) is 5.18. The van der Waals surface area contributed by atoms with Gasteiger partial charge in [-0.2, -0.15) is 0 Å². The van der Waals surface area contributed by atoms with E-state index in [1.165, 1.54) is 0 Å². The number of nitrogens with one attached hydrogen (secondary N) is 1. The molecule has 0 amide bonds. The third-order valence-electron chi connectivity index (χ3n) is 2.80. The maximum atomic E-state index is 10.7. The SMILES string of the molecule is CC(NC1CCCOC1)C(C)C(=O)O. The topological polar surface area (TPSA) is 58.6 Å². The number of carboxylic acids is 1. The minimum atomic E-state index is -0.748. The molecular formula is C10H19NO3. The van der Waals surface area contributed by atoms with Crippen molar-refractivity contribution in [2.45, 2.75) is 38.8 Å². The molecule has 14 heavy (non-hydrogen) atoms. The van der Waals surface area contributed by atoms with Gasteiger partial charge < -0.3 is 15.2 Å². The number of hydrogen-bond donors (Lipinski definition) is 2. The van der Waals surface area contributed by atoms with Crippen molar-refractivity contribution in [2.24, 2.45) is 5.92 Å². The zero-order valence-electron chi connectivity index (χ0n) is 8.82. The Labute approximate surface area is 84.6 Å². The van der Waals surface area contributed by atoms with Crippen molar-refractivity contribution in [1.29, 1.82) is 0 Å². The van der Waals surface area contributed by atoms with Crippen molar-refractivity contribution in [3.63, 3.8) is 0 Å². The van der Waals surface area contributed by atoms with Gasteiger partial charge in [0.15, 0.2) is 0 Å². The molecule has 1 heterocycles. The second kappa shape index (κ2) is 5.32. The predicted molar refractivity (Wildman–Crippen MR) is 53.2 cm³/mol. The summed E-state index contributed by atoms with van der Waals surface area (Å²) in [6.45, 7) is 5.18. The number of carbonyl (C=O) groups is 1. The molecule has 3 unspecified atom stereocenters. The second-order valence-corrected chi connectivity index (χ2v) is 4.00. The summed E-state index contributed by atoms with van der Waals surface area (Å²) < 4.78 is 5.31. The number of carboxylic acid groups (broad SMARTS) is 1. The van der Waals surface area contributed by atoms with Crippen LogP contribution in [0.4, 0.5) is 0 Å². The van der Waals surface area contributed by atoms with Crippen LogP contribution in [0.3, 0.4) is 0 Å². The van der Waals surface area contributed by atoms with Crippen LogP contribution in [0.5, 0.6) is 0 Å². The quantitative estimate of drug-likeness (QED) is 0.708. The fraction of sp³-hybridized carbons (Fsp3) is 0.900. The summed E-state index contributed by atoms with van der Waals surface area (Å²) in [5.41, 5.74) is 0. The molecule has 1 rings (SSSR count). The molecule has 82 valence electrons. The maximum Gasteiger partial charge on any atom is 0.307 e. The van der Waals surface area contributed by atoms with Crippen LogP contribution < -0.4 is 5.32 Å². The monoisotopic (exact) mass is 201 g/mol. The lowest BCUT2D eigenvalue weighted by Crippen LogP contribution is -2.46. The standard InChI is InChI=1S/C10H19NO3/c1-7(10(12)13)8(2)11-9-4-3-5-14-6-9/h7-9,11H,3-6H2,1-2H3,(H,12,13). The number of aliphatic carboxylic acids is 1. The first kappa shape index (κ1) is 11.5. The highest BCUT2D eigenvalue weighted by molar-refractivity contribution is 5.70. The zero-order chi connectivity index (χ0) is 10.6. The molecule has 1 aliphatic heterocycles. The van der Waals surface area contributed by atoms with Crippen molar-refractivity contribution in [2.75, 3.05) is 13.2 Å². The van der Waals surface area contributed by atoms with Crippen LogP contribution in [0.2, 0.25) is 0 Å². The van der Waals surface area contributed by atoms with E-state index in [0.29, 0.717) is 12.6 Å². The average Bonchev–Trinajstić information content (AvgIpc) is 2.18. The molecule has 0 aromatic carbocycles. The Bertz CT molecular complexity index is 190. The van der Waals surface area contributed by atoms with Crippen molar-refractivity contribution in [3.05, 3.63) is 0 Å². The van der Waals surface area contributed by atoms with Gasteiger partial charge in [0.1, 0.15) is 0 Å². The normalized spacial score (nSPS) is 26.9. The molecule has 0 saturated carbocycles. The van der Waals surface area contributed by atoms with Crippen LogP contribution in [-0.2, 0) is 9.53 Å². The van der Waals surface area contributed by atoms with Gasteiger partial charge in [0, 0.05) is 18.7 Å². The first-order valence-corrected chi connectivity index (χ1v) is 5.18. The minimum absolute atomic E-state index is 0.000741. The largest absolute Gasteiger partial charge is 0.481 e. The molecule has 1 saturated heterocycles. The average molecular weight is 201 g/mol. The Balaban J connectivity index is 2.31. The molecule has 1 aliphatic rings. The lowest BCUT2D eigenvalue weighted by molar-refractivity contribution is -0.142. The van der Waals surface area contributed by atoms with Gasteiger partial charge in [0.25, 0.3) is 0 Å². The predicted octanol–water partition coefficient (Wildman–Crippen LogP) is 0.864. The second-order valence-electron chi connectivity index (χ2n) is 4.00. The van der Waals surface area contributed by atoms with Gasteiger partial charge in [-0.15, -0.1) is 0 Å². The van der Waals surface area contributed by atoms with Crippen molar-refractivity contribution in [1.82, 2.24) is 5.32 Å². The van der Waals surface area contributed by atoms with Gasteiger partial charge in [-0.05, 0) is 19.8 Å². The van der Waals surface area contributed by atoms with Crippen molar-refractivity contribution >= 4 is 5.97 Å². The first-order chi connectivity index (χ1) is 6.61. The highest BCUT2D eigenvalue weighted by atomic mass is 16.5. The highest BCUT2D eigenvalue weighted by Crippen LogP contribution is 2.10. The van der Waals surface area contributed by atoms with Crippen LogP contribution in [0.25, 0.3) is 0 Å². The van der Waals surface area contributed by atoms with Gasteiger partial charge in [0.05, 0.1) is 12.5 Å². The summed E-state index contributed by atoms with van der Waals surface area (Å²) in [5.74, 6) is -1.10. The molecular weight excluding hydrogens is 182 g/mol. The van der Waals surface area contributed by atoms with Crippen LogP contribution >= 0.6 is 0 Å². The Hall–Kier alpha value is -0.610.